The van der Waals surface area contributed by atoms with Crippen LogP contribution in [-0.2, 0) is 0 Å². The molecule has 1 unspecified atom stereocenters. The monoisotopic (exact) mass is 396 g/mol. The van der Waals surface area contributed by atoms with Crippen molar-refractivity contribution in [3.05, 3.63) is 54.1 Å². The van der Waals surface area contributed by atoms with E-state index in [4.69, 9.17) is 4.74 Å². The summed E-state index contributed by atoms with van der Waals surface area (Å²) < 4.78 is 6.44. The molecule has 0 aliphatic carbocycles. The molecule has 3 aromatic rings. The molecule has 0 bridgehead atoms. The molecule has 28 heavy (non-hydrogen) atoms. The van der Waals surface area contributed by atoms with E-state index >= 15 is 0 Å². The third-order valence-corrected chi connectivity index (χ3v) is 5.98. The van der Waals surface area contributed by atoms with Crippen LogP contribution in [-0.4, -0.2) is 42.7 Å². The number of benzene rings is 2. The number of fused-ring (bicyclic) bond motifs is 1. The molecule has 2 amide bonds. The van der Waals surface area contributed by atoms with Crippen molar-refractivity contribution in [2.75, 3.05) is 32.1 Å². The Bertz CT molecular complexity index is 919. The number of ether oxygens (including phenoxy) is 1. The topological polar surface area (TPSA) is 66.5 Å². The highest BCUT2D eigenvalue weighted by atomic mass is 32.1. The summed E-state index contributed by atoms with van der Waals surface area (Å²) in [5.41, 5.74) is 2.05. The molecule has 0 spiro atoms. The number of rotatable bonds is 6. The summed E-state index contributed by atoms with van der Waals surface area (Å²) in [7, 11) is 1.67. The Labute approximate surface area is 168 Å². The van der Waals surface area contributed by atoms with E-state index in [1.165, 1.54) is 24.2 Å². The molecule has 0 radical (unpaired) electrons. The largest absolute Gasteiger partial charge is 0.497 e. The van der Waals surface area contributed by atoms with Gasteiger partial charge in [0.15, 0.2) is 5.13 Å². The number of nitrogens with zero attached hydrogens (tertiary/aromatic N) is 2. The average molecular weight is 397 g/mol. The maximum Gasteiger partial charge on any atom is 0.321 e. The van der Waals surface area contributed by atoms with Gasteiger partial charge in [-0.05, 0) is 55.8 Å². The number of methoxy groups -OCH3 is 1. The Morgan fingerprint density at radius 3 is 2.82 bits per heavy atom. The molecular formula is C21H24N4O2S. The molecule has 1 atom stereocenters. The van der Waals surface area contributed by atoms with Crippen molar-refractivity contribution in [2.24, 2.45) is 0 Å². The van der Waals surface area contributed by atoms with Crippen LogP contribution in [0.15, 0.2) is 48.5 Å². The van der Waals surface area contributed by atoms with Crippen LogP contribution >= 0.6 is 11.3 Å². The first kappa shape index (κ1) is 18.7. The van der Waals surface area contributed by atoms with Crippen molar-refractivity contribution in [2.45, 2.75) is 18.9 Å². The lowest BCUT2D eigenvalue weighted by atomic mass is 10.1. The zero-order valence-corrected chi connectivity index (χ0v) is 16.7. The number of carbonyl (C=O) groups is 1. The summed E-state index contributed by atoms with van der Waals surface area (Å²) in [6, 6.07) is 15.8. The number of aromatic nitrogens is 1. The van der Waals surface area contributed by atoms with Gasteiger partial charge in [-0.15, -0.1) is 0 Å². The Hall–Kier alpha value is -2.64. The van der Waals surface area contributed by atoms with Crippen molar-refractivity contribution in [3.8, 4) is 5.75 Å². The first-order valence-electron chi connectivity index (χ1n) is 9.51. The number of thiazole rings is 1. The molecule has 1 aliphatic rings. The van der Waals surface area contributed by atoms with Crippen LogP contribution < -0.4 is 15.4 Å². The number of amides is 2. The van der Waals surface area contributed by atoms with Gasteiger partial charge in [-0.1, -0.05) is 35.6 Å². The van der Waals surface area contributed by atoms with E-state index in [2.05, 4.69) is 32.7 Å². The highest BCUT2D eigenvalue weighted by Crippen LogP contribution is 2.28. The summed E-state index contributed by atoms with van der Waals surface area (Å²) in [6.45, 7) is 2.62. The fraction of sp³-hybridized carbons (Fsp3) is 0.333. The summed E-state index contributed by atoms with van der Waals surface area (Å²) in [4.78, 5) is 19.3. The van der Waals surface area contributed by atoms with Gasteiger partial charge in [0.2, 0.25) is 0 Å². The van der Waals surface area contributed by atoms with Crippen LogP contribution in [0.1, 0.15) is 24.4 Å². The lowest BCUT2D eigenvalue weighted by Gasteiger charge is -2.28. The van der Waals surface area contributed by atoms with Crippen molar-refractivity contribution < 1.29 is 9.53 Å². The molecule has 1 fully saturated rings. The number of hydrogen-bond donors (Lipinski definition) is 2. The average Bonchev–Trinajstić information content (AvgIpc) is 3.38. The van der Waals surface area contributed by atoms with Gasteiger partial charge in [-0.3, -0.25) is 10.2 Å². The second kappa shape index (κ2) is 8.58. The number of carbonyl (C=O) groups excluding carboxylic acids is 1. The molecule has 1 aromatic heterocycles. The number of anilines is 1. The molecule has 6 nitrogen and oxygen atoms in total. The maximum absolute atomic E-state index is 12.5. The minimum Gasteiger partial charge on any atom is -0.497 e. The quantitative estimate of drug-likeness (QED) is 0.653. The van der Waals surface area contributed by atoms with Crippen molar-refractivity contribution in [1.82, 2.24) is 15.2 Å². The van der Waals surface area contributed by atoms with Gasteiger partial charge in [0, 0.05) is 6.54 Å². The number of likely N-dealkylation sites (tertiary alicyclic amines) is 1. The van der Waals surface area contributed by atoms with Gasteiger partial charge in [-0.2, -0.15) is 0 Å². The molecule has 1 saturated heterocycles. The van der Waals surface area contributed by atoms with E-state index in [-0.39, 0.29) is 12.1 Å². The standard InChI is InChI=1S/C21H24N4O2S/c1-27-16-8-6-7-15(13-16)18(25-11-4-5-12-25)14-22-20(26)24-21-23-17-9-2-3-10-19(17)28-21/h2-3,6-10,13,18H,4-5,11-12,14H2,1H3,(H2,22,23,24,26). The lowest BCUT2D eigenvalue weighted by Crippen LogP contribution is -2.38. The zero-order chi connectivity index (χ0) is 19.3. The predicted molar refractivity (Wildman–Crippen MR) is 113 cm³/mol. The van der Waals surface area contributed by atoms with E-state index in [0.717, 1.165) is 34.6 Å². The van der Waals surface area contributed by atoms with Gasteiger partial charge in [0.1, 0.15) is 5.75 Å². The van der Waals surface area contributed by atoms with Crippen LogP contribution in [0.25, 0.3) is 10.2 Å². The molecule has 2 heterocycles. The Balaban J connectivity index is 1.43. The summed E-state index contributed by atoms with van der Waals surface area (Å²) in [6.07, 6.45) is 2.39. The normalized spacial score (nSPS) is 15.5. The first-order valence-corrected chi connectivity index (χ1v) is 10.3. The fourth-order valence-corrected chi connectivity index (χ4v) is 4.48. The zero-order valence-electron chi connectivity index (χ0n) is 15.9. The summed E-state index contributed by atoms with van der Waals surface area (Å²) in [5.74, 6) is 0.834. The van der Waals surface area contributed by atoms with Gasteiger partial charge < -0.3 is 10.1 Å². The highest BCUT2D eigenvalue weighted by Gasteiger charge is 2.24. The van der Waals surface area contributed by atoms with E-state index in [1.807, 2.05) is 36.4 Å². The Kier molecular flexibility index (Phi) is 5.73. The molecule has 4 rings (SSSR count). The predicted octanol–water partition coefficient (Wildman–Crippen LogP) is 4.26. The Morgan fingerprint density at radius 1 is 1.21 bits per heavy atom. The SMILES string of the molecule is COc1cccc(C(CNC(=O)Nc2nc3ccccc3s2)N2CCCC2)c1. The van der Waals surface area contributed by atoms with Crippen LogP contribution in [0.3, 0.4) is 0 Å². The van der Waals surface area contributed by atoms with Crippen molar-refractivity contribution >= 4 is 32.7 Å². The number of nitrogens with one attached hydrogen (secondary N) is 2. The highest BCUT2D eigenvalue weighted by molar-refractivity contribution is 7.22. The number of urea groups is 1. The van der Waals surface area contributed by atoms with E-state index in [0.29, 0.717) is 11.7 Å². The first-order chi connectivity index (χ1) is 13.7. The second-order valence-electron chi connectivity index (χ2n) is 6.86. The van der Waals surface area contributed by atoms with E-state index in [9.17, 15) is 4.79 Å². The lowest BCUT2D eigenvalue weighted by molar-refractivity contribution is 0.227. The van der Waals surface area contributed by atoms with Crippen LogP contribution in [0, 0.1) is 0 Å². The molecular weight excluding hydrogens is 372 g/mol. The fourth-order valence-electron chi connectivity index (χ4n) is 3.62. The molecule has 1 aliphatic heterocycles. The summed E-state index contributed by atoms with van der Waals surface area (Å²) >= 11 is 1.48. The number of para-hydroxylation sites is 1. The van der Waals surface area contributed by atoms with Crippen LogP contribution in [0.2, 0.25) is 0 Å². The molecule has 7 heteroatoms. The molecule has 0 saturated carbocycles. The summed E-state index contributed by atoms with van der Waals surface area (Å²) in [5, 5.41) is 6.50. The van der Waals surface area contributed by atoms with Gasteiger partial charge in [-0.25, -0.2) is 9.78 Å². The van der Waals surface area contributed by atoms with E-state index in [1.54, 1.807) is 7.11 Å². The number of hydrogen-bond acceptors (Lipinski definition) is 5. The minimum absolute atomic E-state index is 0.124. The second-order valence-corrected chi connectivity index (χ2v) is 7.89. The van der Waals surface area contributed by atoms with Gasteiger partial charge in [0.25, 0.3) is 0 Å². The minimum atomic E-state index is -0.230. The van der Waals surface area contributed by atoms with Gasteiger partial charge >= 0.3 is 6.03 Å². The molecule has 2 aromatic carbocycles. The smallest absolute Gasteiger partial charge is 0.321 e. The maximum atomic E-state index is 12.5. The Morgan fingerprint density at radius 2 is 2.04 bits per heavy atom. The van der Waals surface area contributed by atoms with Crippen molar-refractivity contribution in [3.63, 3.8) is 0 Å². The van der Waals surface area contributed by atoms with E-state index < -0.39 is 0 Å². The van der Waals surface area contributed by atoms with Gasteiger partial charge in [0.05, 0.1) is 23.4 Å². The van der Waals surface area contributed by atoms with Crippen LogP contribution in [0.4, 0.5) is 9.93 Å². The van der Waals surface area contributed by atoms with Crippen LogP contribution in [0.5, 0.6) is 5.75 Å². The third kappa shape index (κ3) is 4.26. The molecule has 146 valence electrons. The van der Waals surface area contributed by atoms with Crippen molar-refractivity contribution in [1.29, 1.82) is 0 Å². The third-order valence-electron chi connectivity index (χ3n) is 5.03. The molecule has 2 N–H and O–H groups in total.